The molecular weight excluding hydrogens is 350 g/mol. The highest BCUT2D eigenvalue weighted by atomic mass is 32.1. The van der Waals surface area contributed by atoms with E-state index in [1.54, 1.807) is 24.7 Å². The van der Waals surface area contributed by atoms with E-state index in [0.29, 0.717) is 24.2 Å². The zero-order chi connectivity index (χ0) is 18.6. The molecule has 1 aliphatic rings. The Hall–Kier alpha value is -2.32. The highest BCUT2D eigenvalue weighted by Crippen LogP contribution is 2.28. The standard InChI is InChI=1S/C18H21N5O2S/c1-9-11(3)26-17-14(9)16(24)20-15(21-17)10(2)23-6-5-12-13(7-23)19-8-22(4)18(12)25/h8,10H,5-7H2,1-4H3,(H,20,21,24)/t10-/m0/s1. The van der Waals surface area contributed by atoms with E-state index in [9.17, 15) is 9.59 Å². The van der Waals surface area contributed by atoms with Crippen LogP contribution in [0, 0.1) is 13.8 Å². The fourth-order valence-electron chi connectivity index (χ4n) is 3.51. The van der Waals surface area contributed by atoms with Gasteiger partial charge in [-0.3, -0.25) is 14.5 Å². The van der Waals surface area contributed by atoms with Gasteiger partial charge in [0.2, 0.25) is 0 Å². The van der Waals surface area contributed by atoms with Gasteiger partial charge in [0.05, 0.1) is 23.4 Å². The Labute approximate surface area is 154 Å². The van der Waals surface area contributed by atoms with Gasteiger partial charge < -0.3 is 9.55 Å². The summed E-state index contributed by atoms with van der Waals surface area (Å²) in [5.74, 6) is 0.663. The Bertz CT molecular complexity index is 1130. The molecule has 0 radical (unpaired) electrons. The van der Waals surface area contributed by atoms with Crippen molar-refractivity contribution in [3.8, 4) is 0 Å². The molecule has 1 atom stereocenters. The maximum atomic E-state index is 12.5. The fourth-order valence-corrected chi connectivity index (χ4v) is 4.55. The second-order valence-electron chi connectivity index (χ2n) is 6.90. The van der Waals surface area contributed by atoms with Gasteiger partial charge in [0.25, 0.3) is 11.1 Å². The lowest BCUT2D eigenvalue weighted by Gasteiger charge is -2.32. The van der Waals surface area contributed by atoms with Crippen LogP contribution in [0.3, 0.4) is 0 Å². The third-order valence-electron chi connectivity index (χ3n) is 5.32. The van der Waals surface area contributed by atoms with E-state index in [1.807, 2.05) is 20.8 Å². The molecule has 7 nitrogen and oxygen atoms in total. The molecule has 3 aromatic rings. The molecule has 0 unspecified atom stereocenters. The first-order valence-corrected chi connectivity index (χ1v) is 9.45. The predicted molar refractivity (Wildman–Crippen MR) is 102 cm³/mol. The van der Waals surface area contributed by atoms with Crippen molar-refractivity contribution < 1.29 is 0 Å². The number of fused-ring (bicyclic) bond motifs is 2. The molecule has 0 bridgehead atoms. The summed E-state index contributed by atoms with van der Waals surface area (Å²) in [6, 6.07) is -0.0613. The zero-order valence-corrected chi connectivity index (χ0v) is 16.1. The maximum absolute atomic E-state index is 12.5. The van der Waals surface area contributed by atoms with Gasteiger partial charge >= 0.3 is 0 Å². The number of rotatable bonds is 2. The molecule has 3 aromatic heterocycles. The highest BCUT2D eigenvalue weighted by Gasteiger charge is 2.26. The first-order valence-electron chi connectivity index (χ1n) is 8.64. The van der Waals surface area contributed by atoms with Crippen LogP contribution in [0.1, 0.15) is 40.5 Å². The lowest BCUT2D eigenvalue weighted by molar-refractivity contribution is 0.181. The Balaban J connectivity index is 1.69. The summed E-state index contributed by atoms with van der Waals surface area (Å²) < 4.78 is 1.52. The molecule has 0 saturated carbocycles. The van der Waals surface area contributed by atoms with Crippen LogP contribution in [0.25, 0.3) is 10.2 Å². The van der Waals surface area contributed by atoms with Gasteiger partial charge in [-0.15, -0.1) is 11.3 Å². The van der Waals surface area contributed by atoms with Crippen LogP contribution in [0.2, 0.25) is 0 Å². The summed E-state index contributed by atoms with van der Waals surface area (Å²) in [5, 5.41) is 0.692. The van der Waals surface area contributed by atoms with Gasteiger partial charge in [-0.2, -0.15) is 0 Å². The minimum Gasteiger partial charge on any atom is -0.309 e. The van der Waals surface area contributed by atoms with Gasteiger partial charge in [0.15, 0.2) is 0 Å². The quantitative estimate of drug-likeness (QED) is 0.743. The van der Waals surface area contributed by atoms with Gasteiger partial charge in [-0.05, 0) is 32.8 Å². The number of hydrogen-bond acceptors (Lipinski definition) is 6. The highest BCUT2D eigenvalue weighted by molar-refractivity contribution is 7.18. The Morgan fingerprint density at radius 3 is 2.85 bits per heavy atom. The van der Waals surface area contributed by atoms with Gasteiger partial charge in [-0.25, -0.2) is 9.97 Å². The second-order valence-corrected chi connectivity index (χ2v) is 8.10. The molecular formula is C18H21N5O2S. The number of thiophene rings is 1. The normalized spacial score (nSPS) is 16.0. The zero-order valence-electron chi connectivity index (χ0n) is 15.3. The summed E-state index contributed by atoms with van der Waals surface area (Å²) in [7, 11) is 1.72. The van der Waals surface area contributed by atoms with Crippen molar-refractivity contribution >= 4 is 21.6 Å². The maximum Gasteiger partial charge on any atom is 0.259 e. The largest absolute Gasteiger partial charge is 0.309 e. The van der Waals surface area contributed by atoms with Crippen LogP contribution in [0.4, 0.5) is 0 Å². The molecule has 4 rings (SSSR count). The van der Waals surface area contributed by atoms with E-state index in [2.05, 4.69) is 14.9 Å². The first-order chi connectivity index (χ1) is 12.4. The van der Waals surface area contributed by atoms with E-state index in [0.717, 1.165) is 33.1 Å². The average Bonchev–Trinajstić information content (AvgIpc) is 2.91. The molecule has 1 aliphatic heterocycles. The molecule has 0 fully saturated rings. The number of H-pyrrole nitrogens is 1. The molecule has 1 N–H and O–H groups in total. The van der Waals surface area contributed by atoms with Crippen LogP contribution in [0.5, 0.6) is 0 Å². The number of aromatic nitrogens is 4. The molecule has 0 saturated heterocycles. The predicted octanol–water partition coefficient (Wildman–Crippen LogP) is 1.81. The van der Waals surface area contributed by atoms with Gasteiger partial charge in [0.1, 0.15) is 10.7 Å². The Kier molecular flexibility index (Phi) is 4.04. The average molecular weight is 371 g/mol. The van der Waals surface area contributed by atoms with Crippen molar-refractivity contribution in [1.29, 1.82) is 0 Å². The fraction of sp³-hybridized carbons (Fsp3) is 0.444. The molecule has 4 heterocycles. The number of aromatic amines is 1. The van der Waals surface area contributed by atoms with Gasteiger partial charge in [0, 0.05) is 30.6 Å². The molecule has 26 heavy (non-hydrogen) atoms. The summed E-state index contributed by atoms with van der Waals surface area (Å²) in [6.45, 7) is 7.32. The molecule has 0 spiro atoms. The summed E-state index contributed by atoms with van der Waals surface area (Å²) in [5.41, 5.74) is 2.56. The van der Waals surface area contributed by atoms with Crippen molar-refractivity contribution in [2.24, 2.45) is 7.05 Å². The molecule has 0 aliphatic carbocycles. The molecule has 0 amide bonds. The SMILES string of the molecule is Cc1sc2nc([C@H](C)N3CCc4c(ncn(C)c4=O)C3)[nH]c(=O)c2c1C. The topological polar surface area (TPSA) is 83.9 Å². The Morgan fingerprint density at radius 2 is 2.08 bits per heavy atom. The summed E-state index contributed by atoms with van der Waals surface area (Å²) >= 11 is 1.56. The minimum absolute atomic E-state index is 0.0276. The van der Waals surface area contributed by atoms with Crippen molar-refractivity contribution in [3.05, 3.63) is 54.6 Å². The number of aryl methyl sites for hydroxylation is 3. The first kappa shape index (κ1) is 17.1. The van der Waals surface area contributed by atoms with Crippen molar-refractivity contribution in [1.82, 2.24) is 24.4 Å². The third-order valence-corrected chi connectivity index (χ3v) is 6.42. The van der Waals surface area contributed by atoms with Crippen LogP contribution in [-0.4, -0.2) is 31.0 Å². The number of hydrogen-bond donors (Lipinski definition) is 1. The lowest BCUT2D eigenvalue weighted by atomic mass is 10.0. The second kappa shape index (κ2) is 6.14. The van der Waals surface area contributed by atoms with Crippen LogP contribution >= 0.6 is 11.3 Å². The smallest absolute Gasteiger partial charge is 0.259 e. The van der Waals surface area contributed by atoms with Crippen molar-refractivity contribution in [3.63, 3.8) is 0 Å². The van der Waals surface area contributed by atoms with Crippen molar-refractivity contribution in [2.75, 3.05) is 6.54 Å². The molecule has 136 valence electrons. The molecule has 0 aromatic carbocycles. The van der Waals surface area contributed by atoms with E-state index < -0.39 is 0 Å². The van der Waals surface area contributed by atoms with Crippen LogP contribution in [-0.2, 0) is 20.0 Å². The van der Waals surface area contributed by atoms with E-state index >= 15 is 0 Å². The Morgan fingerprint density at radius 1 is 1.31 bits per heavy atom. The molecule has 8 heteroatoms. The monoisotopic (exact) mass is 371 g/mol. The van der Waals surface area contributed by atoms with E-state index in [4.69, 9.17) is 4.98 Å². The number of nitrogens with one attached hydrogen (secondary N) is 1. The van der Waals surface area contributed by atoms with E-state index in [-0.39, 0.29) is 17.2 Å². The number of nitrogens with zero attached hydrogens (tertiary/aromatic N) is 4. The summed E-state index contributed by atoms with van der Waals surface area (Å²) in [6.07, 6.45) is 2.22. The van der Waals surface area contributed by atoms with E-state index in [1.165, 1.54) is 4.57 Å². The van der Waals surface area contributed by atoms with Gasteiger partial charge in [-0.1, -0.05) is 0 Å². The van der Waals surface area contributed by atoms with Crippen LogP contribution < -0.4 is 11.1 Å². The minimum atomic E-state index is -0.0805. The third kappa shape index (κ3) is 2.60. The summed E-state index contributed by atoms with van der Waals surface area (Å²) in [4.78, 5) is 41.0. The van der Waals surface area contributed by atoms with Crippen molar-refractivity contribution in [2.45, 2.75) is 39.8 Å². The lowest BCUT2D eigenvalue weighted by Crippen LogP contribution is -2.38. The van der Waals surface area contributed by atoms with Crippen LogP contribution in [0.15, 0.2) is 15.9 Å².